The summed E-state index contributed by atoms with van der Waals surface area (Å²) in [6, 6.07) is 4.73. The van der Waals surface area contributed by atoms with Crippen LogP contribution in [-0.4, -0.2) is 19.5 Å². The smallest absolute Gasteiger partial charge is 0.388 e. The minimum Gasteiger partial charge on any atom is -0.388 e. The Morgan fingerprint density at radius 2 is 0.393 bits per heavy atom. The highest BCUT2D eigenvalue weighted by atomic mass is 19.4. The zero-order valence-corrected chi connectivity index (χ0v) is 77.5. The van der Waals surface area contributed by atoms with Gasteiger partial charge in [-0.3, -0.25) is 4.98 Å². The third-order valence-electron chi connectivity index (χ3n) is 14.2. The highest BCUT2D eigenvalue weighted by Gasteiger charge is 2.36. The van der Waals surface area contributed by atoms with Gasteiger partial charge in [0.1, 0.15) is 5.69 Å². The molecule has 644 valence electrons. The molecule has 2 fully saturated rings. The third kappa shape index (κ3) is 68.6. The Balaban J connectivity index is 0.00000130. The lowest BCUT2D eigenvalue weighted by Gasteiger charge is -2.33. The second-order valence-electron chi connectivity index (χ2n) is 23.7. The molecule has 2 saturated carbocycles. The molecular weight excluding hydrogens is 1830 g/mol. The lowest BCUT2D eigenvalue weighted by atomic mass is 9.75. The van der Waals surface area contributed by atoms with Gasteiger partial charge >= 0.3 is 6.18 Å². The average Bonchev–Trinajstić information content (AvgIpc) is 1.60. The molecule has 4 nitrogen and oxygen atoms in total. The van der Waals surface area contributed by atoms with Crippen molar-refractivity contribution in [1.82, 2.24) is 14.4 Å². The van der Waals surface area contributed by atoms with Crippen molar-refractivity contribution in [2.45, 2.75) is 76.5 Å². The van der Waals surface area contributed by atoms with Crippen molar-refractivity contribution in [3.63, 3.8) is 0 Å². The summed E-state index contributed by atoms with van der Waals surface area (Å²) in [7, 11) is 0. The Labute approximate surface area is 878 Å². The third-order valence-corrected chi connectivity index (χ3v) is 14.2. The normalized spacial score (nSPS) is 7.91. The van der Waals surface area contributed by atoms with E-state index in [0.29, 0.717) is 5.92 Å². The second kappa shape index (κ2) is 87.3. The monoisotopic (exact) mass is 1860 g/mol. The zero-order chi connectivity index (χ0) is 106. The Morgan fingerprint density at radius 3 is 0.540 bits per heavy atom. The number of hydrogen-bond donors (Lipinski definition) is 1. The van der Waals surface area contributed by atoms with E-state index in [2.05, 4.69) is 715 Å². The number of aromatic nitrogens is 3. The number of fused-ring (bicyclic) bond motifs is 1. The van der Waals surface area contributed by atoms with Crippen LogP contribution in [0.15, 0.2) is 43.1 Å². The number of alkyl halides is 3. The lowest BCUT2D eigenvalue weighted by molar-refractivity contribution is -0.141. The molecule has 150 heavy (non-hydrogen) atoms. The van der Waals surface area contributed by atoms with Gasteiger partial charge in [0, 0.05) is 610 Å². The second-order valence-corrected chi connectivity index (χ2v) is 23.7. The maximum Gasteiger partial charge on any atom is 0.433 e. The summed E-state index contributed by atoms with van der Waals surface area (Å²) >= 11 is 0. The van der Waals surface area contributed by atoms with Crippen molar-refractivity contribution < 1.29 is 18.3 Å². The molecule has 2 aliphatic rings. The van der Waals surface area contributed by atoms with E-state index in [9.17, 15) is 18.3 Å². The number of nitrogens with zero attached hydrogens (tertiary/aromatic N) is 3. The summed E-state index contributed by atoms with van der Waals surface area (Å²) < 4.78 is 40.2. The first kappa shape index (κ1) is 114. The predicted octanol–water partition coefficient (Wildman–Crippen LogP) is 6.86. The van der Waals surface area contributed by atoms with Crippen molar-refractivity contribution in [2.75, 3.05) is 0 Å². The van der Waals surface area contributed by atoms with Gasteiger partial charge in [0.15, 0.2) is 0 Å². The van der Waals surface area contributed by atoms with Crippen LogP contribution in [0.25, 0.3) is 5.52 Å². The van der Waals surface area contributed by atoms with Gasteiger partial charge in [0.25, 0.3) is 0 Å². The topological polar surface area (TPSA) is 50.4 Å². The van der Waals surface area contributed by atoms with Gasteiger partial charge in [0.2, 0.25) is 0 Å². The van der Waals surface area contributed by atoms with Crippen molar-refractivity contribution >= 4 is 5.52 Å². The van der Waals surface area contributed by atoms with Crippen LogP contribution in [0.1, 0.15) is 92.7 Å². The summed E-state index contributed by atoms with van der Waals surface area (Å²) in [4.78, 5) is 7.86. The van der Waals surface area contributed by atoms with Crippen molar-refractivity contribution in [2.24, 2.45) is 5.92 Å². The van der Waals surface area contributed by atoms with E-state index >= 15 is 0 Å². The maximum atomic E-state index is 12.7. The van der Waals surface area contributed by atoms with Crippen LogP contribution >= 0.6 is 0 Å². The molecule has 0 aromatic carbocycles. The standard InChI is InChI=1S/C120H6.C23H24F3N3O/c1-3-5-7-9-11-13-15-17-19-21-23-25-27-29-31-33-35-37-39-41-43-45-47-49-51-53-55-57-59-61-63-65-67-69-71-73-75-77-79-81-83-85-87-89-91-93-95-97-99-101-103-105-107-109-111-113-115-117-119-120-118-116-114-112-110-108-106-104-102-100-98-96-94-92-90-88-86-84-82-80-78-76-74-72-70-68-66-64-62-60-58-56-54-52-50-48-46-44-42-40-38-36-34-32-30-28-26-24-22-20-18-16-14-12-10-8-6-4-2;24-23(25,26)20-8-7-17(11-28-20)14-1-5-16(6-2-14)22(30)21-18(15-3-4-15)9-10-29-13-27-12-19(21)29/h1-2H3;7-16,22,30H,1-6H2. The fourth-order valence-electron chi connectivity index (χ4n) is 8.61. The molecule has 0 radical (unpaired) electrons. The van der Waals surface area contributed by atoms with E-state index in [1.54, 1.807) is 26.2 Å². The van der Waals surface area contributed by atoms with Crippen LogP contribution in [0.4, 0.5) is 13.2 Å². The van der Waals surface area contributed by atoms with Crippen LogP contribution in [-0.2, 0) is 6.18 Å². The van der Waals surface area contributed by atoms with Crippen LogP contribution < -0.4 is 0 Å². The van der Waals surface area contributed by atoms with E-state index in [0.717, 1.165) is 61.2 Å². The zero-order valence-electron chi connectivity index (χ0n) is 77.5. The van der Waals surface area contributed by atoms with Crippen LogP contribution in [0.5, 0.6) is 0 Å². The number of rotatable bonds is 4. The van der Waals surface area contributed by atoms with Gasteiger partial charge in [-0.25, -0.2) is 4.98 Å². The molecule has 0 saturated heterocycles. The molecule has 3 heterocycles. The van der Waals surface area contributed by atoms with Gasteiger partial charge in [-0.1, -0.05) is 17.9 Å². The highest BCUT2D eigenvalue weighted by Crippen LogP contribution is 2.48. The molecule has 3 aromatic heterocycles. The number of hydrogen-bond acceptors (Lipinski definition) is 3. The Morgan fingerprint density at radius 1 is 0.227 bits per heavy atom. The Bertz CT molecular complexity index is 9720. The number of halogens is 3. The fourth-order valence-corrected chi connectivity index (χ4v) is 8.61. The number of aliphatic hydroxyl groups excluding tert-OH is 1. The molecule has 5 rings (SSSR count). The highest BCUT2D eigenvalue weighted by molar-refractivity contribution is 5.62. The summed E-state index contributed by atoms with van der Waals surface area (Å²) in [5.41, 5.74) is 3.23. The van der Waals surface area contributed by atoms with Crippen LogP contribution in [0, 0.1) is 705 Å². The van der Waals surface area contributed by atoms with Gasteiger partial charge in [-0.15, -0.1) is 0 Å². The Hall–Kier alpha value is -28.4. The molecule has 0 spiro atoms. The summed E-state index contributed by atoms with van der Waals surface area (Å²) in [5, 5.41) is 11.3. The minimum atomic E-state index is -4.41. The first-order valence-corrected chi connectivity index (χ1v) is 40.8. The predicted molar refractivity (Wildman–Crippen MR) is 576 cm³/mol. The van der Waals surface area contributed by atoms with Gasteiger partial charge in [-0.05, 0) is 188 Å². The molecule has 0 bridgehead atoms. The molecule has 1 N–H and O–H groups in total. The Kier molecular flexibility index (Phi) is 66.3. The molecule has 1 atom stereocenters. The van der Waals surface area contributed by atoms with Crippen molar-refractivity contribution in [3.05, 3.63) is 65.5 Å². The average molecular weight is 1860 g/mol. The van der Waals surface area contributed by atoms with E-state index in [4.69, 9.17) is 0 Å². The van der Waals surface area contributed by atoms with Crippen molar-refractivity contribution in [3.8, 4) is 699 Å². The van der Waals surface area contributed by atoms with E-state index in [1.807, 2.05) is 16.8 Å². The molecular formula is C143H30F3N3O. The molecule has 2 aliphatic carbocycles. The summed E-state index contributed by atoms with van der Waals surface area (Å²) in [5.74, 6) is 297. The molecule has 0 aliphatic heterocycles. The summed E-state index contributed by atoms with van der Waals surface area (Å²) in [6.45, 7) is 3.36. The fraction of sp³-hybridized carbons (Fsp3) is 0.0909. The van der Waals surface area contributed by atoms with Crippen LogP contribution in [0.2, 0.25) is 0 Å². The molecule has 7 heteroatoms. The van der Waals surface area contributed by atoms with E-state index in [-0.39, 0.29) is 11.8 Å². The first-order chi connectivity index (χ1) is 74.3. The molecule has 3 aromatic rings. The van der Waals surface area contributed by atoms with Crippen molar-refractivity contribution in [1.29, 1.82) is 0 Å². The largest absolute Gasteiger partial charge is 0.433 e. The van der Waals surface area contributed by atoms with Gasteiger partial charge in [0.05, 0.1) is 24.1 Å². The van der Waals surface area contributed by atoms with Crippen LogP contribution in [0.3, 0.4) is 0 Å². The summed E-state index contributed by atoms with van der Waals surface area (Å²) in [6.07, 6.45) is 7.70. The molecule has 0 amide bonds. The maximum absolute atomic E-state index is 12.7. The number of imidazole rings is 1. The lowest BCUT2D eigenvalue weighted by Crippen LogP contribution is -2.21. The first-order valence-electron chi connectivity index (χ1n) is 40.8. The van der Waals surface area contributed by atoms with E-state index < -0.39 is 18.0 Å². The number of aliphatic hydroxyl groups is 1. The number of pyridine rings is 2. The SMILES string of the molecule is CC#CC#CC#CC#CC#CC#CC#CC#CC#CC#CC#CC#CC#CC#CC#CC#CC#CC#CC#CC#CC#CC#CC#CC#CC#CC#CC#CC#CC#CC#CC#CC#CC#CC#CC#CC#CC#CC#CC#CC#CC#CC#CC#CC#CC#CC#CC#CC#CC#CC#CC#CC#CC#CC#CC#CC#CC#CC#CC#CC.OC(c1c(C2CC2)ccn2cncc12)C1CCC(c2ccc(C(F)(F)F)nc2)CC1. The van der Waals surface area contributed by atoms with Gasteiger partial charge in [-0.2, -0.15) is 13.2 Å². The minimum absolute atomic E-state index is 0.141. The van der Waals surface area contributed by atoms with Gasteiger partial charge < -0.3 is 9.51 Å². The van der Waals surface area contributed by atoms with E-state index in [1.165, 1.54) is 11.8 Å². The molecule has 1 unspecified atom stereocenters. The quantitative estimate of drug-likeness (QED) is 0.291.